The third-order valence-electron chi connectivity index (χ3n) is 4.24. The second-order valence-electron chi connectivity index (χ2n) is 5.90. The molecule has 1 fully saturated rings. The number of amides is 4. The lowest BCUT2D eigenvalue weighted by Gasteiger charge is -2.27. The van der Waals surface area contributed by atoms with Crippen molar-refractivity contribution in [2.24, 2.45) is 0 Å². The first-order valence-electron chi connectivity index (χ1n) is 8.40. The van der Waals surface area contributed by atoms with Gasteiger partial charge in [0.05, 0.1) is 27.0 Å². The molecule has 2 aromatic rings. The van der Waals surface area contributed by atoms with Crippen molar-refractivity contribution in [1.29, 1.82) is 0 Å². The first-order valence-corrected chi connectivity index (χ1v) is 8.40. The van der Waals surface area contributed by atoms with Gasteiger partial charge in [-0.05, 0) is 35.9 Å². The van der Waals surface area contributed by atoms with Crippen LogP contribution < -0.4 is 24.4 Å². The predicted octanol–water partition coefficient (Wildman–Crippen LogP) is 2.08. The summed E-state index contributed by atoms with van der Waals surface area (Å²) >= 11 is 0. The van der Waals surface area contributed by atoms with E-state index in [1.165, 1.54) is 45.6 Å². The van der Waals surface area contributed by atoms with Crippen LogP contribution in [0.25, 0.3) is 6.08 Å². The van der Waals surface area contributed by atoms with Crippen LogP contribution in [0.5, 0.6) is 23.0 Å². The number of hydrogen-bond donors (Lipinski definition) is 2. The number of urea groups is 1. The van der Waals surface area contributed by atoms with Gasteiger partial charge in [0.2, 0.25) is 5.75 Å². The fourth-order valence-corrected chi connectivity index (χ4v) is 2.85. The van der Waals surface area contributed by atoms with Crippen LogP contribution in [0.3, 0.4) is 0 Å². The Labute approximate surface area is 166 Å². The minimum absolute atomic E-state index is 0.0949. The number of aromatic hydroxyl groups is 1. The van der Waals surface area contributed by atoms with Crippen LogP contribution in [0, 0.1) is 0 Å². The normalized spacial score (nSPS) is 15.3. The van der Waals surface area contributed by atoms with Crippen molar-refractivity contribution in [3.05, 3.63) is 47.5 Å². The van der Waals surface area contributed by atoms with E-state index in [4.69, 9.17) is 14.2 Å². The van der Waals surface area contributed by atoms with Crippen LogP contribution in [-0.2, 0) is 9.59 Å². The number of hydrogen-bond acceptors (Lipinski definition) is 7. The Morgan fingerprint density at radius 1 is 0.931 bits per heavy atom. The SMILES string of the molecule is COc1ccccc1N1C(=O)NC(=O)/C(=C\c2cc(OC)c(O)c(OC)c2)C1=O. The number of phenolic OH excluding ortho intramolecular Hbond substituents is 1. The molecule has 0 unspecified atom stereocenters. The zero-order valence-electron chi connectivity index (χ0n) is 15.9. The van der Waals surface area contributed by atoms with Gasteiger partial charge < -0.3 is 19.3 Å². The molecule has 4 amide bonds. The van der Waals surface area contributed by atoms with E-state index in [9.17, 15) is 19.5 Å². The summed E-state index contributed by atoms with van der Waals surface area (Å²) in [5.74, 6) is -1.42. The molecular weight excluding hydrogens is 380 g/mol. The highest BCUT2D eigenvalue weighted by Gasteiger charge is 2.38. The van der Waals surface area contributed by atoms with Gasteiger partial charge in [0.15, 0.2) is 11.5 Å². The highest BCUT2D eigenvalue weighted by atomic mass is 16.5. The summed E-state index contributed by atoms with van der Waals surface area (Å²) in [5.41, 5.74) is 0.256. The number of benzene rings is 2. The van der Waals surface area contributed by atoms with Gasteiger partial charge in [-0.1, -0.05) is 12.1 Å². The molecule has 0 aliphatic carbocycles. The fraction of sp³-hybridized carbons (Fsp3) is 0.150. The summed E-state index contributed by atoms with van der Waals surface area (Å²) in [6.07, 6.45) is 1.27. The van der Waals surface area contributed by atoms with Gasteiger partial charge in [-0.25, -0.2) is 9.69 Å². The molecule has 0 bridgehead atoms. The fourth-order valence-electron chi connectivity index (χ4n) is 2.85. The molecule has 0 saturated carbocycles. The van der Waals surface area contributed by atoms with Gasteiger partial charge in [-0.2, -0.15) is 0 Å². The maximum Gasteiger partial charge on any atom is 0.336 e. The van der Waals surface area contributed by atoms with Crippen LogP contribution in [0.2, 0.25) is 0 Å². The van der Waals surface area contributed by atoms with Crippen molar-refractivity contribution in [2.45, 2.75) is 0 Å². The molecule has 2 aromatic carbocycles. The standard InChI is InChI=1S/C20H18N2O7/c1-27-14-7-5-4-6-13(14)22-19(25)12(18(24)21-20(22)26)8-11-9-15(28-2)17(23)16(10-11)29-3/h4-10,23H,1-3H3,(H,21,24,26)/b12-8+. The van der Waals surface area contributed by atoms with Crippen LogP contribution in [-0.4, -0.2) is 44.3 Å². The molecule has 1 aliphatic heterocycles. The molecule has 1 heterocycles. The number of para-hydroxylation sites is 2. The number of anilines is 1. The molecule has 1 saturated heterocycles. The van der Waals surface area contributed by atoms with Crippen molar-refractivity contribution in [3.8, 4) is 23.0 Å². The summed E-state index contributed by atoms with van der Waals surface area (Å²) in [5, 5.41) is 12.2. The third-order valence-corrected chi connectivity index (χ3v) is 4.24. The first-order chi connectivity index (χ1) is 13.9. The molecule has 0 radical (unpaired) electrons. The van der Waals surface area contributed by atoms with Crippen molar-refractivity contribution in [2.75, 3.05) is 26.2 Å². The molecule has 3 rings (SSSR count). The number of nitrogens with one attached hydrogen (secondary N) is 1. The first kappa shape index (κ1) is 19.7. The van der Waals surface area contributed by atoms with Gasteiger partial charge in [-0.15, -0.1) is 0 Å². The molecule has 9 heteroatoms. The molecule has 0 atom stereocenters. The predicted molar refractivity (Wildman–Crippen MR) is 103 cm³/mol. The molecule has 29 heavy (non-hydrogen) atoms. The Morgan fingerprint density at radius 3 is 2.10 bits per heavy atom. The molecule has 9 nitrogen and oxygen atoms in total. The van der Waals surface area contributed by atoms with Gasteiger partial charge in [0, 0.05) is 0 Å². The highest BCUT2D eigenvalue weighted by Crippen LogP contribution is 2.38. The van der Waals surface area contributed by atoms with Crippen LogP contribution >= 0.6 is 0 Å². The van der Waals surface area contributed by atoms with E-state index in [2.05, 4.69) is 5.32 Å². The lowest BCUT2D eigenvalue weighted by molar-refractivity contribution is -0.122. The van der Waals surface area contributed by atoms with Gasteiger partial charge >= 0.3 is 6.03 Å². The Morgan fingerprint density at radius 2 is 1.52 bits per heavy atom. The van der Waals surface area contributed by atoms with E-state index in [1.807, 2.05) is 0 Å². The number of rotatable bonds is 5. The average molecular weight is 398 g/mol. The zero-order chi connectivity index (χ0) is 21.1. The quantitative estimate of drug-likeness (QED) is 0.585. The molecule has 1 aliphatic rings. The van der Waals surface area contributed by atoms with Crippen LogP contribution in [0.1, 0.15) is 5.56 Å². The van der Waals surface area contributed by atoms with E-state index < -0.39 is 17.8 Å². The molecule has 0 spiro atoms. The zero-order valence-corrected chi connectivity index (χ0v) is 15.9. The molecule has 0 aromatic heterocycles. The average Bonchev–Trinajstić information content (AvgIpc) is 2.72. The summed E-state index contributed by atoms with van der Waals surface area (Å²) in [6.45, 7) is 0. The van der Waals surface area contributed by atoms with E-state index >= 15 is 0 Å². The van der Waals surface area contributed by atoms with Crippen LogP contribution in [0.15, 0.2) is 42.0 Å². The summed E-state index contributed by atoms with van der Waals surface area (Å²) in [6, 6.07) is 8.40. The summed E-state index contributed by atoms with van der Waals surface area (Å²) in [4.78, 5) is 38.5. The lowest BCUT2D eigenvalue weighted by atomic mass is 10.1. The smallest absolute Gasteiger partial charge is 0.336 e. The Balaban J connectivity index is 2.09. The van der Waals surface area contributed by atoms with E-state index in [1.54, 1.807) is 18.2 Å². The second-order valence-corrected chi connectivity index (χ2v) is 5.90. The largest absolute Gasteiger partial charge is 0.502 e. The Kier molecular flexibility index (Phi) is 5.40. The van der Waals surface area contributed by atoms with Gasteiger partial charge in [-0.3, -0.25) is 14.9 Å². The maximum atomic E-state index is 13.0. The Bertz CT molecular complexity index is 1000. The number of imide groups is 2. The van der Waals surface area contributed by atoms with E-state index in [-0.39, 0.29) is 34.3 Å². The second kappa shape index (κ2) is 7.93. The van der Waals surface area contributed by atoms with Crippen molar-refractivity contribution in [1.82, 2.24) is 5.32 Å². The monoisotopic (exact) mass is 398 g/mol. The molecular formula is C20H18N2O7. The van der Waals surface area contributed by atoms with Gasteiger partial charge in [0.25, 0.3) is 11.8 Å². The van der Waals surface area contributed by atoms with Crippen LogP contribution in [0.4, 0.5) is 10.5 Å². The van der Waals surface area contributed by atoms with Gasteiger partial charge in [0.1, 0.15) is 11.3 Å². The third kappa shape index (κ3) is 3.57. The van der Waals surface area contributed by atoms with E-state index in [0.29, 0.717) is 5.56 Å². The molecule has 2 N–H and O–H groups in total. The number of nitrogens with zero attached hydrogens (tertiary/aromatic N) is 1. The lowest BCUT2D eigenvalue weighted by Crippen LogP contribution is -2.54. The van der Waals surface area contributed by atoms with Crippen molar-refractivity contribution < 1.29 is 33.7 Å². The Hall–Kier alpha value is -4.01. The number of phenols is 1. The maximum absolute atomic E-state index is 13.0. The number of ether oxygens (including phenoxy) is 3. The minimum atomic E-state index is -0.887. The number of carbonyl (C=O) groups is 3. The van der Waals surface area contributed by atoms with Crippen molar-refractivity contribution >= 4 is 29.6 Å². The summed E-state index contributed by atoms with van der Waals surface area (Å²) < 4.78 is 15.4. The molecule has 150 valence electrons. The highest BCUT2D eigenvalue weighted by molar-refractivity contribution is 6.39. The number of carbonyl (C=O) groups excluding carboxylic acids is 3. The topological polar surface area (TPSA) is 114 Å². The number of methoxy groups -OCH3 is 3. The minimum Gasteiger partial charge on any atom is -0.502 e. The number of barbiturate groups is 1. The van der Waals surface area contributed by atoms with E-state index in [0.717, 1.165) is 4.90 Å². The summed E-state index contributed by atoms with van der Waals surface area (Å²) in [7, 11) is 4.11. The van der Waals surface area contributed by atoms with Crippen molar-refractivity contribution in [3.63, 3.8) is 0 Å².